The molecule has 1 aromatic heterocycles. The molecule has 0 bridgehead atoms. The van der Waals surface area contributed by atoms with Gasteiger partial charge in [0.15, 0.2) is 5.76 Å². The fraction of sp³-hybridized carbons (Fsp3) is 0.0385. The van der Waals surface area contributed by atoms with Crippen molar-refractivity contribution in [1.82, 2.24) is 0 Å². The molecule has 1 amide bonds. The fourth-order valence-electron chi connectivity index (χ4n) is 3.14. The van der Waals surface area contributed by atoms with Crippen molar-refractivity contribution >= 4 is 35.3 Å². The van der Waals surface area contributed by atoms with Crippen LogP contribution in [0.15, 0.2) is 89.3 Å². The van der Waals surface area contributed by atoms with E-state index in [0.29, 0.717) is 5.69 Å². The van der Waals surface area contributed by atoms with Crippen LogP contribution in [0.1, 0.15) is 27.2 Å². The highest BCUT2D eigenvalue weighted by Gasteiger charge is 2.33. The van der Waals surface area contributed by atoms with E-state index in [1.807, 2.05) is 54.6 Å². The van der Waals surface area contributed by atoms with Gasteiger partial charge in [-0.2, -0.15) is 13.2 Å². The van der Waals surface area contributed by atoms with Crippen molar-refractivity contribution < 1.29 is 22.4 Å². The lowest BCUT2D eigenvalue weighted by Crippen LogP contribution is -2.10. The number of benzene rings is 3. The molecule has 0 spiro atoms. The molecule has 0 saturated heterocycles. The standard InChI is InChI=1S/C26H17ClF3NO2/c27-22-13-10-19(16-21(22)26(28,29)30)23-14-15-24(33-23)25(32)31-20-11-8-18(9-12-20)7-6-17-4-2-1-3-5-17/h1-16H,(H,31,32). The Hall–Kier alpha value is -3.77. The molecule has 4 rings (SSSR count). The summed E-state index contributed by atoms with van der Waals surface area (Å²) in [6, 6.07) is 23.4. The third-order valence-electron chi connectivity index (χ3n) is 4.82. The Balaban J connectivity index is 1.44. The first kappa shape index (κ1) is 22.4. The molecule has 0 fully saturated rings. The number of hydrogen-bond donors (Lipinski definition) is 1. The summed E-state index contributed by atoms with van der Waals surface area (Å²) in [7, 11) is 0. The first-order chi connectivity index (χ1) is 15.8. The first-order valence-electron chi connectivity index (χ1n) is 9.91. The van der Waals surface area contributed by atoms with Gasteiger partial charge in [0.05, 0.1) is 10.6 Å². The second kappa shape index (κ2) is 9.38. The van der Waals surface area contributed by atoms with Crippen molar-refractivity contribution in [3.63, 3.8) is 0 Å². The minimum atomic E-state index is -4.59. The molecule has 7 heteroatoms. The highest BCUT2D eigenvalue weighted by Crippen LogP contribution is 2.37. The summed E-state index contributed by atoms with van der Waals surface area (Å²) >= 11 is 5.66. The summed E-state index contributed by atoms with van der Waals surface area (Å²) in [6.07, 6.45) is -0.650. The van der Waals surface area contributed by atoms with Crippen LogP contribution in [-0.2, 0) is 6.18 Å². The molecule has 0 radical (unpaired) electrons. The normalized spacial score (nSPS) is 11.6. The van der Waals surface area contributed by atoms with Crippen molar-refractivity contribution in [3.05, 3.63) is 112 Å². The second-order valence-corrected chi connectivity index (χ2v) is 7.58. The predicted molar refractivity (Wildman–Crippen MR) is 124 cm³/mol. The van der Waals surface area contributed by atoms with E-state index in [-0.39, 0.29) is 17.1 Å². The van der Waals surface area contributed by atoms with Gasteiger partial charge in [0, 0.05) is 11.3 Å². The highest BCUT2D eigenvalue weighted by atomic mass is 35.5. The number of alkyl halides is 3. The Labute approximate surface area is 193 Å². The summed E-state index contributed by atoms with van der Waals surface area (Å²) in [5.41, 5.74) is 1.79. The molecule has 0 aliphatic rings. The van der Waals surface area contributed by atoms with E-state index in [9.17, 15) is 18.0 Å². The number of carbonyl (C=O) groups excluding carboxylic acids is 1. The van der Waals surface area contributed by atoms with Gasteiger partial charge in [-0.15, -0.1) is 0 Å². The number of anilines is 1. The number of hydrogen-bond acceptors (Lipinski definition) is 2. The lowest BCUT2D eigenvalue weighted by molar-refractivity contribution is -0.137. The lowest BCUT2D eigenvalue weighted by atomic mass is 10.1. The van der Waals surface area contributed by atoms with E-state index in [1.54, 1.807) is 12.1 Å². The molecule has 0 aliphatic carbocycles. The van der Waals surface area contributed by atoms with E-state index in [0.717, 1.165) is 23.3 Å². The van der Waals surface area contributed by atoms with E-state index in [1.165, 1.54) is 18.2 Å². The average molecular weight is 468 g/mol. The Morgan fingerprint density at radius 2 is 1.52 bits per heavy atom. The Kier molecular flexibility index (Phi) is 6.38. The third kappa shape index (κ3) is 5.54. The summed E-state index contributed by atoms with van der Waals surface area (Å²) in [5.74, 6) is -0.413. The summed E-state index contributed by atoms with van der Waals surface area (Å²) in [6.45, 7) is 0. The number of halogens is 4. The van der Waals surface area contributed by atoms with Gasteiger partial charge >= 0.3 is 6.18 Å². The van der Waals surface area contributed by atoms with Crippen molar-refractivity contribution in [1.29, 1.82) is 0 Å². The molecule has 4 aromatic rings. The van der Waals surface area contributed by atoms with Gasteiger partial charge in [-0.3, -0.25) is 4.79 Å². The smallest absolute Gasteiger partial charge is 0.417 e. The predicted octanol–water partition coefficient (Wildman–Crippen LogP) is 8.04. The average Bonchev–Trinajstić information content (AvgIpc) is 3.29. The van der Waals surface area contributed by atoms with Crippen LogP contribution in [0.3, 0.4) is 0 Å². The molecule has 3 aromatic carbocycles. The molecular formula is C26H17ClF3NO2. The molecule has 1 N–H and O–H groups in total. The van der Waals surface area contributed by atoms with Crippen LogP contribution in [-0.4, -0.2) is 5.91 Å². The van der Waals surface area contributed by atoms with Gasteiger partial charge in [0.2, 0.25) is 0 Å². The number of carbonyl (C=O) groups is 1. The van der Waals surface area contributed by atoms with Gasteiger partial charge in [0.25, 0.3) is 5.91 Å². The minimum absolute atomic E-state index is 0.0263. The Bertz CT molecular complexity index is 1290. The molecule has 3 nitrogen and oxygen atoms in total. The molecule has 0 unspecified atom stereocenters. The van der Waals surface area contributed by atoms with Gasteiger partial charge in [0.1, 0.15) is 5.76 Å². The number of furan rings is 1. The summed E-state index contributed by atoms with van der Waals surface area (Å²) in [5, 5.41) is 2.31. The SMILES string of the molecule is O=C(Nc1ccc(C=Cc2ccccc2)cc1)c1ccc(-c2ccc(Cl)c(C(F)(F)F)c2)o1. The summed E-state index contributed by atoms with van der Waals surface area (Å²) < 4.78 is 44.8. The fourth-order valence-corrected chi connectivity index (χ4v) is 3.36. The molecule has 166 valence electrons. The molecule has 0 saturated carbocycles. The van der Waals surface area contributed by atoms with Gasteiger partial charge in [-0.05, 0) is 53.6 Å². The van der Waals surface area contributed by atoms with Crippen molar-refractivity contribution in [2.75, 3.05) is 5.32 Å². The topological polar surface area (TPSA) is 42.2 Å². The highest BCUT2D eigenvalue weighted by molar-refractivity contribution is 6.31. The third-order valence-corrected chi connectivity index (χ3v) is 5.15. The van der Waals surface area contributed by atoms with E-state index in [4.69, 9.17) is 16.0 Å². The zero-order chi connectivity index (χ0) is 23.4. The van der Waals surface area contributed by atoms with Crippen LogP contribution in [0.5, 0.6) is 0 Å². The minimum Gasteiger partial charge on any atom is -0.451 e. The van der Waals surface area contributed by atoms with Crippen molar-refractivity contribution in [3.8, 4) is 11.3 Å². The largest absolute Gasteiger partial charge is 0.451 e. The molecule has 33 heavy (non-hydrogen) atoms. The zero-order valence-electron chi connectivity index (χ0n) is 17.1. The monoisotopic (exact) mass is 467 g/mol. The Morgan fingerprint density at radius 1 is 0.848 bits per heavy atom. The van der Waals surface area contributed by atoms with E-state index >= 15 is 0 Å². The second-order valence-electron chi connectivity index (χ2n) is 7.18. The van der Waals surface area contributed by atoms with Crippen LogP contribution in [0.2, 0.25) is 5.02 Å². The molecular weight excluding hydrogens is 451 g/mol. The van der Waals surface area contributed by atoms with Crippen LogP contribution in [0, 0.1) is 0 Å². The molecule has 1 heterocycles. The molecule has 0 atom stereocenters. The maximum Gasteiger partial charge on any atom is 0.417 e. The van der Waals surface area contributed by atoms with Crippen molar-refractivity contribution in [2.24, 2.45) is 0 Å². The quantitative estimate of drug-likeness (QED) is 0.302. The van der Waals surface area contributed by atoms with Crippen LogP contribution < -0.4 is 5.32 Å². The van der Waals surface area contributed by atoms with E-state index in [2.05, 4.69) is 5.32 Å². The maximum atomic E-state index is 13.1. The first-order valence-corrected chi connectivity index (χ1v) is 10.3. The van der Waals surface area contributed by atoms with Crippen LogP contribution >= 0.6 is 11.6 Å². The van der Waals surface area contributed by atoms with Gasteiger partial charge in [-0.1, -0.05) is 66.2 Å². The Morgan fingerprint density at radius 3 is 2.18 bits per heavy atom. The van der Waals surface area contributed by atoms with Crippen LogP contribution in [0.4, 0.5) is 18.9 Å². The molecule has 0 aliphatic heterocycles. The van der Waals surface area contributed by atoms with E-state index < -0.39 is 22.7 Å². The van der Waals surface area contributed by atoms with Gasteiger partial charge in [-0.25, -0.2) is 0 Å². The number of amides is 1. The zero-order valence-corrected chi connectivity index (χ0v) is 17.8. The summed E-state index contributed by atoms with van der Waals surface area (Å²) in [4.78, 5) is 12.5. The maximum absolute atomic E-state index is 13.1. The number of nitrogens with one attached hydrogen (secondary N) is 1. The van der Waals surface area contributed by atoms with Crippen LogP contribution in [0.25, 0.3) is 23.5 Å². The van der Waals surface area contributed by atoms with Gasteiger partial charge < -0.3 is 9.73 Å². The van der Waals surface area contributed by atoms with Crippen molar-refractivity contribution in [2.45, 2.75) is 6.18 Å². The number of rotatable bonds is 5. The lowest BCUT2D eigenvalue weighted by Gasteiger charge is -2.10.